The molecule has 0 bridgehead atoms. The van der Waals surface area contributed by atoms with Crippen molar-refractivity contribution < 1.29 is 13.2 Å². The van der Waals surface area contributed by atoms with Crippen LogP contribution in [0.4, 0.5) is 17.2 Å². The molecule has 0 amide bonds. The fourth-order valence-electron chi connectivity index (χ4n) is 3.17. The number of hydrogen-bond acceptors (Lipinski definition) is 5. The standard InChI is InChI=1S/C22H16Cl4N4O4S/c1-34-13-10-16(25)20(17(26)11-13)30-22(31)19(29-35(32,33)14-5-3-2-4-6-14)21(28-30)27-18-8-7-12(23)9-15(18)24/h2-11,27-29H,1H3. The summed E-state index contributed by atoms with van der Waals surface area (Å²) in [5.74, 6) is 0.362. The third-order valence-electron chi connectivity index (χ3n) is 4.82. The average molecular weight is 574 g/mol. The first-order valence-electron chi connectivity index (χ1n) is 9.79. The molecule has 1 heterocycles. The number of methoxy groups -OCH3 is 1. The molecule has 0 atom stereocenters. The molecule has 35 heavy (non-hydrogen) atoms. The number of halogens is 4. The lowest BCUT2D eigenvalue weighted by Gasteiger charge is -2.11. The topological polar surface area (TPSA) is 105 Å². The van der Waals surface area contributed by atoms with Gasteiger partial charge in [-0.3, -0.25) is 14.6 Å². The number of sulfonamides is 1. The fourth-order valence-corrected chi connectivity index (χ4v) is 5.36. The van der Waals surface area contributed by atoms with E-state index < -0.39 is 15.6 Å². The Morgan fingerprint density at radius 3 is 2.17 bits per heavy atom. The van der Waals surface area contributed by atoms with Crippen LogP contribution in [0.5, 0.6) is 5.75 Å². The van der Waals surface area contributed by atoms with Crippen molar-refractivity contribution in [1.29, 1.82) is 0 Å². The molecule has 4 aromatic rings. The van der Waals surface area contributed by atoms with Crippen molar-refractivity contribution in [2.24, 2.45) is 0 Å². The van der Waals surface area contributed by atoms with E-state index >= 15 is 0 Å². The molecule has 0 unspecified atom stereocenters. The maximum Gasteiger partial charge on any atom is 0.297 e. The second-order valence-corrected chi connectivity index (χ2v) is 10.5. The molecule has 0 aliphatic carbocycles. The van der Waals surface area contributed by atoms with Crippen LogP contribution in [0.1, 0.15) is 0 Å². The molecule has 0 fully saturated rings. The molecule has 3 N–H and O–H groups in total. The van der Waals surface area contributed by atoms with Crippen molar-refractivity contribution in [2.75, 3.05) is 17.1 Å². The van der Waals surface area contributed by atoms with Gasteiger partial charge in [0, 0.05) is 17.2 Å². The Morgan fingerprint density at radius 1 is 0.914 bits per heavy atom. The van der Waals surface area contributed by atoms with Gasteiger partial charge in [0.25, 0.3) is 15.6 Å². The predicted molar refractivity (Wildman–Crippen MR) is 140 cm³/mol. The summed E-state index contributed by atoms with van der Waals surface area (Å²) in [7, 11) is -2.69. The second-order valence-electron chi connectivity index (χ2n) is 7.11. The van der Waals surface area contributed by atoms with E-state index in [4.69, 9.17) is 51.1 Å². The molecule has 3 aromatic carbocycles. The van der Waals surface area contributed by atoms with Gasteiger partial charge in [0.15, 0.2) is 11.5 Å². The summed E-state index contributed by atoms with van der Waals surface area (Å²) in [6.45, 7) is 0. The number of benzene rings is 3. The zero-order chi connectivity index (χ0) is 25.3. The fraction of sp³-hybridized carbons (Fsp3) is 0.0455. The van der Waals surface area contributed by atoms with E-state index in [9.17, 15) is 13.2 Å². The number of hydrogen-bond donors (Lipinski definition) is 3. The van der Waals surface area contributed by atoms with E-state index in [0.29, 0.717) is 16.5 Å². The molecule has 0 saturated heterocycles. The molecule has 0 aliphatic heterocycles. The minimum atomic E-state index is -4.13. The van der Waals surface area contributed by atoms with Gasteiger partial charge in [-0.05, 0) is 30.3 Å². The summed E-state index contributed by atoms with van der Waals surface area (Å²) in [4.78, 5) is 13.4. The van der Waals surface area contributed by atoms with Crippen LogP contribution in [0, 0.1) is 0 Å². The Morgan fingerprint density at radius 2 is 1.57 bits per heavy atom. The molecule has 1 aromatic heterocycles. The molecule has 0 radical (unpaired) electrons. The lowest BCUT2D eigenvalue weighted by atomic mass is 10.3. The van der Waals surface area contributed by atoms with Gasteiger partial charge < -0.3 is 10.1 Å². The minimum absolute atomic E-state index is 0.0123. The van der Waals surface area contributed by atoms with Gasteiger partial charge in [0.2, 0.25) is 0 Å². The molecular formula is C22H16Cl4N4O4S. The normalized spacial score (nSPS) is 11.3. The summed E-state index contributed by atoms with van der Waals surface area (Å²) in [6.07, 6.45) is 0. The van der Waals surface area contributed by atoms with Crippen molar-refractivity contribution in [3.8, 4) is 11.4 Å². The zero-order valence-corrected chi connectivity index (χ0v) is 21.6. The highest BCUT2D eigenvalue weighted by Crippen LogP contribution is 2.35. The molecule has 4 rings (SSSR count). The van der Waals surface area contributed by atoms with Crippen molar-refractivity contribution >= 4 is 73.6 Å². The first-order chi connectivity index (χ1) is 16.6. The maximum absolute atomic E-state index is 13.4. The van der Waals surface area contributed by atoms with Gasteiger partial charge in [-0.1, -0.05) is 64.6 Å². The van der Waals surface area contributed by atoms with Gasteiger partial charge in [-0.2, -0.15) is 0 Å². The Labute approximate surface area is 220 Å². The average Bonchev–Trinajstić information content (AvgIpc) is 3.10. The second kappa shape index (κ2) is 10.0. The number of H-pyrrole nitrogens is 1. The van der Waals surface area contributed by atoms with Gasteiger partial charge in [0.1, 0.15) is 11.4 Å². The minimum Gasteiger partial charge on any atom is -0.497 e. The first-order valence-corrected chi connectivity index (χ1v) is 12.8. The zero-order valence-electron chi connectivity index (χ0n) is 17.8. The highest BCUT2D eigenvalue weighted by atomic mass is 35.5. The highest BCUT2D eigenvalue weighted by molar-refractivity contribution is 7.92. The summed E-state index contributed by atoms with van der Waals surface area (Å²) >= 11 is 25.0. The lowest BCUT2D eigenvalue weighted by molar-refractivity contribution is 0.415. The predicted octanol–water partition coefficient (Wildman–Crippen LogP) is 6.33. The van der Waals surface area contributed by atoms with E-state index in [0.717, 1.165) is 4.68 Å². The van der Waals surface area contributed by atoms with Crippen LogP contribution in [0.25, 0.3) is 5.69 Å². The SMILES string of the molecule is COc1cc(Cl)c(-n2[nH]c(Nc3ccc(Cl)cc3Cl)c(NS(=O)(=O)c3ccccc3)c2=O)c(Cl)c1. The molecule has 0 saturated carbocycles. The lowest BCUT2D eigenvalue weighted by Crippen LogP contribution is -2.22. The van der Waals surface area contributed by atoms with E-state index in [2.05, 4.69) is 15.1 Å². The van der Waals surface area contributed by atoms with Crippen LogP contribution in [0.15, 0.2) is 70.4 Å². The van der Waals surface area contributed by atoms with E-state index in [1.165, 1.54) is 37.4 Å². The van der Waals surface area contributed by atoms with E-state index in [1.807, 2.05) is 0 Å². The van der Waals surface area contributed by atoms with Crippen molar-refractivity contribution in [1.82, 2.24) is 9.78 Å². The number of nitrogens with one attached hydrogen (secondary N) is 3. The Bertz CT molecular complexity index is 1550. The summed E-state index contributed by atoms with van der Waals surface area (Å²) in [5.41, 5.74) is -0.639. The molecule has 0 aliphatic rings. The first kappa shape index (κ1) is 25.3. The maximum atomic E-state index is 13.4. The molecule has 8 nitrogen and oxygen atoms in total. The molecule has 182 valence electrons. The van der Waals surface area contributed by atoms with Crippen molar-refractivity contribution in [3.05, 3.63) is 91.1 Å². The summed E-state index contributed by atoms with van der Waals surface area (Å²) < 4.78 is 34.5. The number of rotatable bonds is 7. The molecular weight excluding hydrogens is 558 g/mol. The van der Waals surface area contributed by atoms with Crippen LogP contribution < -0.4 is 20.3 Å². The number of anilines is 3. The molecule has 0 spiro atoms. The van der Waals surface area contributed by atoms with E-state index in [-0.39, 0.29) is 37.2 Å². The number of aromatic amines is 1. The van der Waals surface area contributed by atoms with Gasteiger partial charge in [0.05, 0.1) is 32.8 Å². The van der Waals surface area contributed by atoms with Crippen LogP contribution >= 0.6 is 46.4 Å². The Hall–Kier alpha value is -2.82. The monoisotopic (exact) mass is 572 g/mol. The van der Waals surface area contributed by atoms with Crippen molar-refractivity contribution in [2.45, 2.75) is 4.90 Å². The van der Waals surface area contributed by atoms with Crippen LogP contribution in [-0.2, 0) is 10.0 Å². The van der Waals surface area contributed by atoms with Gasteiger partial charge in [-0.15, -0.1) is 0 Å². The highest BCUT2D eigenvalue weighted by Gasteiger charge is 2.25. The van der Waals surface area contributed by atoms with Crippen LogP contribution in [-0.4, -0.2) is 25.3 Å². The number of nitrogens with zero attached hydrogens (tertiary/aromatic N) is 1. The van der Waals surface area contributed by atoms with Crippen LogP contribution in [0.3, 0.4) is 0 Å². The smallest absolute Gasteiger partial charge is 0.297 e. The Balaban J connectivity index is 1.89. The number of aromatic nitrogens is 2. The van der Waals surface area contributed by atoms with Gasteiger partial charge >= 0.3 is 0 Å². The van der Waals surface area contributed by atoms with E-state index in [1.54, 1.807) is 30.3 Å². The largest absolute Gasteiger partial charge is 0.497 e. The third kappa shape index (κ3) is 5.24. The summed E-state index contributed by atoms with van der Waals surface area (Å²) in [6, 6.07) is 15.2. The van der Waals surface area contributed by atoms with Gasteiger partial charge in [-0.25, -0.2) is 13.1 Å². The van der Waals surface area contributed by atoms with Crippen molar-refractivity contribution in [3.63, 3.8) is 0 Å². The molecule has 13 heteroatoms. The Kier molecular flexibility index (Phi) is 7.25. The van der Waals surface area contributed by atoms with Crippen LogP contribution in [0.2, 0.25) is 20.1 Å². The number of ether oxygens (including phenoxy) is 1. The summed E-state index contributed by atoms with van der Waals surface area (Å²) in [5, 5.41) is 6.56. The third-order valence-corrected chi connectivity index (χ3v) is 7.31. The quantitative estimate of drug-likeness (QED) is 0.239.